The number of hydrogen-bond donors (Lipinski definition) is 1. The molecule has 2 aliphatic rings. The topological polar surface area (TPSA) is 70.3 Å². The maximum Gasteiger partial charge on any atom is 0.334 e. The van der Waals surface area contributed by atoms with Crippen LogP contribution in [-0.2, 0) is 9.53 Å². The highest BCUT2D eigenvalue weighted by atomic mass is 16.5. The first-order valence-electron chi connectivity index (χ1n) is 6.99. The molecule has 0 fully saturated rings. The van der Waals surface area contributed by atoms with Gasteiger partial charge in [-0.1, -0.05) is 18.2 Å². The Kier molecular flexibility index (Phi) is 3.49. The van der Waals surface area contributed by atoms with Crippen LogP contribution >= 0.6 is 0 Å². The van der Waals surface area contributed by atoms with Crippen molar-refractivity contribution in [1.82, 2.24) is 0 Å². The highest BCUT2D eigenvalue weighted by Crippen LogP contribution is 2.34. The van der Waals surface area contributed by atoms with E-state index in [-0.39, 0.29) is 23.2 Å². The fourth-order valence-corrected chi connectivity index (χ4v) is 2.85. The van der Waals surface area contributed by atoms with Crippen LogP contribution in [-0.4, -0.2) is 17.7 Å². The number of aromatic hydroxyl groups is 1. The summed E-state index contributed by atoms with van der Waals surface area (Å²) < 4.78 is 5.09. The number of carbonyl (C=O) groups excluding carboxylic acids is 1. The molecule has 0 amide bonds. The number of rotatable bonds is 1. The summed E-state index contributed by atoms with van der Waals surface area (Å²) in [6.45, 7) is 0.449. The highest BCUT2D eigenvalue weighted by molar-refractivity contribution is 5.90. The maximum absolute atomic E-state index is 11.8. The number of cyclic esters (lactones) is 1. The molecule has 0 aromatic heterocycles. The third kappa shape index (κ3) is 2.55. The third-order valence-corrected chi connectivity index (χ3v) is 4.04. The minimum Gasteiger partial charge on any atom is -0.507 e. The molecule has 21 heavy (non-hydrogen) atoms. The molecular formula is C17H15NO3. The summed E-state index contributed by atoms with van der Waals surface area (Å²) in [6, 6.07) is 7.07. The Bertz CT molecular complexity index is 694. The smallest absolute Gasteiger partial charge is 0.334 e. The lowest BCUT2D eigenvalue weighted by Crippen LogP contribution is -2.16. The van der Waals surface area contributed by atoms with E-state index in [4.69, 9.17) is 10.00 Å². The number of allylic oxidation sites excluding steroid dienone is 2. The van der Waals surface area contributed by atoms with Crippen molar-refractivity contribution in [1.29, 1.82) is 5.26 Å². The van der Waals surface area contributed by atoms with E-state index < -0.39 is 0 Å². The van der Waals surface area contributed by atoms with Crippen LogP contribution in [0.5, 0.6) is 5.75 Å². The summed E-state index contributed by atoms with van der Waals surface area (Å²) in [4.78, 5) is 11.8. The number of ether oxygens (including phenoxy) is 1. The maximum atomic E-state index is 11.8. The molecule has 4 nitrogen and oxygen atoms in total. The predicted molar refractivity (Wildman–Crippen MR) is 76.5 cm³/mol. The number of nitriles is 1. The molecule has 0 radical (unpaired) electrons. The van der Waals surface area contributed by atoms with E-state index in [0.717, 1.165) is 29.6 Å². The Balaban J connectivity index is 1.86. The first-order chi connectivity index (χ1) is 10.2. The Labute approximate surface area is 123 Å². The number of nitrogens with zero attached hydrogens (tertiary/aromatic N) is 1. The second kappa shape index (κ2) is 5.45. The molecular weight excluding hydrogens is 266 g/mol. The van der Waals surface area contributed by atoms with Gasteiger partial charge in [-0.15, -0.1) is 0 Å². The predicted octanol–water partition coefficient (Wildman–Crippen LogP) is 2.94. The molecule has 1 N–H and O–H groups in total. The van der Waals surface area contributed by atoms with Gasteiger partial charge in [0.05, 0.1) is 12.2 Å². The van der Waals surface area contributed by atoms with Crippen molar-refractivity contribution < 1.29 is 14.6 Å². The molecule has 0 bridgehead atoms. The van der Waals surface area contributed by atoms with Gasteiger partial charge in [-0.2, -0.15) is 5.26 Å². The van der Waals surface area contributed by atoms with Crippen LogP contribution in [0.4, 0.5) is 0 Å². The van der Waals surface area contributed by atoms with Crippen LogP contribution in [0.25, 0.3) is 0 Å². The van der Waals surface area contributed by atoms with Gasteiger partial charge in [-0.25, -0.2) is 4.79 Å². The van der Waals surface area contributed by atoms with E-state index in [1.807, 2.05) is 18.2 Å². The normalized spacial score (nSPS) is 21.3. The van der Waals surface area contributed by atoms with Crippen LogP contribution in [0.3, 0.4) is 0 Å². The molecule has 1 aromatic rings. The zero-order chi connectivity index (χ0) is 14.8. The first-order valence-corrected chi connectivity index (χ1v) is 6.99. The van der Waals surface area contributed by atoms with Gasteiger partial charge >= 0.3 is 5.97 Å². The molecule has 0 spiro atoms. The number of esters is 1. The molecule has 1 heterocycles. The van der Waals surface area contributed by atoms with Crippen LogP contribution in [0.1, 0.15) is 36.3 Å². The zero-order valence-corrected chi connectivity index (χ0v) is 11.5. The van der Waals surface area contributed by atoms with Crippen LogP contribution < -0.4 is 0 Å². The molecule has 4 heteroatoms. The van der Waals surface area contributed by atoms with Gasteiger partial charge in [-0.3, -0.25) is 0 Å². The lowest BCUT2D eigenvalue weighted by atomic mass is 9.92. The van der Waals surface area contributed by atoms with Crippen molar-refractivity contribution in [2.45, 2.75) is 25.2 Å². The van der Waals surface area contributed by atoms with Crippen molar-refractivity contribution >= 4 is 5.97 Å². The molecule has 3 rings (SSSR count). The summed E-state index contributed by atoms with van der Waals surface area (Å²) >= 11 is 0. The molecule has 0 saturated carbocycles. The van der Waals surface area contributed by atoms with E-state index in [9.17, 15) is 9.90 Å². The average molecular weight is 281 g/mol. The average Bonchev–Trinajstić information content (AvgIpc) is 2.71. The van der Waals surface area contributed by atoms with Crippen molar-refractivity contribution in [2.24, 2.45) is 0 Å². The van der Waals surface area contributed by atoms with Crippen molar-refractivity contribution in [3.63, 3.8) is 0 Å². The zero-order valence-electron chi connectivity index (χ0n) is 11.5. The number of carbonyl (C=O) groups is 1. The quantitative estimate of drug-likeness (QED) is 0.803. The molecule has 1 aliphatic heterocycles. The van der Waals surface area contributed by atoms with Crippen LogP contribution in [0.2, 0.25) is 0 Å². The Hall–Kier alpha value is -2.54. The van der Waals surface area contributed by atoms with Crippen molar-refractivity contribution in [3.8, 4) is 11.8 Å². The lowest BCUT2D eigenvalue weighted by Gasteiger charge is -2.16. The minimum absolute atomic E-state index is 0.00443. The minimum atomic E-state index is -0.204. The number of benzene rings is 1. The fraction of sp³-hybridized carbons (Fsp3) is 0.294. The summed E-state index contributed by atoms with van der Waals surface area (Å²) in [5.74, 6) is -0.0731. The van der Waals surface area contributed by atoms with Gasteiger partial charge in [0.2, 0.25) is 0 Å². The summed E-state index contributed by atoms with van der Waals surface area (Å²) in [6.07, 6.45) is 6.30. The van der Waals surface area contributed by atoms with Crippen LogP contribution in [0.15, 0.2) is 41.5 Å². The molecule has 1 atom stereocenters. The fourth-order valence-electron chi connectivity index (χ4n) is 2.85. The number of phenols is 1. The highest BCUT2D eigenvalue weighted by Gasteiger charge is 2.24. The van der Waals surface area contributed by atoms with Crippen molar-refractivity contribution in [3.05, 3.63) is 52.6 Å². The molecule has 1 aliphatic carbocycles. The monoisotopic (exact) mass is 281 g/mol. The lowest BCUT2D eigenvalue weighted by molar-refractivity contribution is -0.140. The van der Waals surface area contributed by atoms with E-state index in [0.29, 0.717) is 13.0 Å². The Morgan fingerprint density at radius 3 is 2.95 bits per heavy atom. The Morgan fingerprint density at radius 1 is 1.33 bits per heavy atom. The van der Waals surface area contributed by atoms with Crippen molar-refractivity contribution in [2.75, 3.05) is 6.61 Å². The summed E-state index contributed by atoms with van der Waals surface area (Å²) in [7, 11) is 0. The van der Waals surface area contributed by atoms with Gasteiger partial charge in [0.25, 0.3) is 0 Å². The second-order valence-electron chi connectivity index (χ2n) is 5.28. The summed E-state index contributed by atoms with van der Waals surface area (Å²) in [5, 5.41) is 18.7. The van der Waals surface area contributed by atoms with Gasteiger partial charge in [-0.05, 0) is 36.1 Å². The first kappa shape index (κ1) is 13.4. The van der Waals surface area contributed by atoms with Gasteiger partial charge in [0, 0.05) is 17.9 Å². The van der Waals surface area contributed by atoms with Gasteiger partial charge < -0.3 is 9.84 Å². The molecule has 106 valence electrons. The third-order valence-electron chi connectivity index (χ3n) is 4.04. The molecule has 1 aromatic carbocycles. The Morgan fingerprint density at radius 2 is 2.19 bits per heavy atom. The molecule has 0 saturated heterocycles. The standard InChI is InChI=1S/C17H15NO3/c18-10-14-4-3-13(9-16(14)19)11-1-2-12-7-8-21-17(20)15(12)6-5-11/h1-4,9,11,19H,5-8H2. The van der Waals surface area contributed by atoms with Gasteiger partial charge in [0.1, 0.15) is 11.8 Å². The number of phenolic OH excluding ortho intramolecular Hbond substituents is 1. The van der Waals surface area contributed by atoms with E-state index in [1.165, 1.54) is 0 Å². The second-order valence-corrected chi connectivity index (χ2v) is 5.28. The van der Waals surface area contributed by atoms with Crippen LogP contribution in [0, 0.1) is 11.3 Å². The van der Waals surface area contributed by atoms with E-state index in [2.05, 4.69) is 6.08 Å². The van der Waals surface area contributed by atoms with E-state index >= 15 is 0 Å². The number of hydrogen-bond acceptors (Lipinski definition) is 4. The summed E-state index contributed by atoms with van der Waals surface area (Å²) in [5.41, 5.74) is 3.07. The van der Waals surface area contributed by atoms with Gasteiger partial charge in [0.15, 0.2) is 0 Å². The largest absolute Gasteiger partial charge is 0.507 e. The SMILES string of the molecule is N#Cc1ccc(C2C=CC3=C(CC2)C(=O)OCC3)cc1O. The molecule has 1 unspecified atom stereocenters. The van der Waals surface area contributed by atoms with E-state index in [1.54, 1.807) is 12.1 Å².